The van der Waals surface area contributed by atoms with Gasteiger partial charge in [0, 0.05) is 31.4 Å². The summed E-state index contributed by atoms with van der Waals surface area (Å²) < 4.78 is 13.5. The van der Waals surface area contributed by atoms with Gasteiger partial charge in [0.1, 0.15) is 5.82 Å². The van der Waals surface area contributed by atoms with Crippen LogP contribution in [0.4, 0.5) is 10.1 Å². The van der Waals surface area contributed by atoms with Gasteiger partial charge in [0.2, 0.25) is 0 Å². The summed E-state index contributed by atoms with van der Waals surface area (Å²) >= 11 is 0. The molecule has 0 spiro atoms. The summed E-state index contributed by atoms with van der Waals surface area (Å²) in [6, 6.07) is 6.32. The molecule has 17 heavy (non-hydrogen) atoms. The molecule has 1 aromatic rings. The van der Waals surface area contributed by atoms with Crippen molar-refractivity contribution in [2.24, 2.45) is 0 Å². The number of anilines is 1. The normalized spacial score (nSPS) is 15.4. The Hall–Kier alpha value is -1.09. The van der Waals surface area contributed by atoms with Gasteiger partial charge < -0.3 is 10.2 Å². The molecule has 1 aliphatic carbocycles. The van der Waals surface area contributed by atoms with Crippen LogP contribution in [0.3, 0.4) is 0 Å². The fourth-order valence-electron chi connectivity index (χ4n) is 1.79. The molecule has 0 bridgehead atoms. The van der Waals surface area contributed by atoms with Gasteiger partial charge in [0.15, 0.2) is 0 Å². The van der Waals surface area contributed by atoms with E-state index in [2.05, 4.69) is 30.1 Å². The van der Waals surface area contributed by atoms with Crippen molar-refractivity contribution >= 4 is 5.69 Å². The topological polar surface area (TPSA) is 15.3 Å². The van der Waals surface area contributed by atoms with Crippen LogP contribution in [0.25, 0.3) is 0 Å². The maximum Gasteiger partial charge on any atom is 0.125 e. The van der Waals surface area contributed by atoms with Crippen LogP contribution in [-0.2, 0) is 6.54 Å². The average Bonchev–Trinajstić information content (AvgIpc) is 3.08. The van der Waals surface area contributed by atoms with Crippen LogP contribution in [0.2, 0.25) is 0 Å². The van der Waals surface area contributed by atoms with E-state index in [-0.39, 0.29) is 5.82 Å². The van der Waals surface area contributed by atoms with E-state index in [1.807, 2.05) is 7.05 Å². The van der Waals surface area contributed by atoms with Gasteiger partial charge in [-0.25, -0.2) is 4.39 Å². The Morgan fingerprint density at radius 3 is 2.65 bits per heavy atom. The van der Waals surface area contributed by atoms with E-state index >= 15 is 0 Å². The number of benzene rings is 1. The van der Waals surface area contributed by atoms with Crippen molar-refractivity contribution in [1.29, 1.82) is 0 Å². The molecule has 2 rings (SSSR count). The number of nitrogens with one attached hydrogen (secondary N) is 1. The van der Waals surface area contributed by atoms with Gasteiger partial charge in [0.05, 0.1) is 0 Å². The third-order valence-corrected chi connectivity index (χ3v) is 3.30. The summed E-state index contributed by atoms with van der Waals surface area (Å²) in [4.78, 5) is 2.09. The van der Waals surface area contributed by atoms with Crippen molar-refractivity contribution in [2.75, 3.05) is 11.9 Å². The first-order chi connectivity index (χ1) is 8.06. The molecular weight excluding hydrogens is 215 g/mol. The minimum Gasteiger partial charge on any atom is -0.372 e. The molecule has 1 aromatic carbocycles. The minimum atomic E-state index is -0.150. The monoisotopic (exact) mass is 236 g/mol. The smallest absolute Gasteiger partial charge is 0.125 e. The molecule has 1 saturated carbocycles. The van der Waals surface area contributed by atoms with E-state index in [9.17, 15) is 4.39 Å². The van der Waals surface area contributed by atoms with E-state index < -0.39 is 0 Å². The molecule has 0 aromatic heterocycles. The summed E-state index contributed by atoms with van der Waals surface area (Å²) in [7, 11) is 2.00. The predicted molar refractivity (Wildman–Crippen MR) is 69.8 cm³/mol. The Balaban J connectivity index is 2.09. The van der Waals surface area contributed by atoms with Gasteiger partial charge in [-0.3, -0.25) is 0 Å². The third-order valence-electron chi connectivity index (χ3n) is 3.30. The predicted octanol–water partition coefficient (Wildman–Crippen LogP) is 2.92. The highest BCUT2D eigenvalue weighted by atomic mass is 19.1. The highest BCUT2D eigenvalue weighted by Gasteiger charge is 2.20. The van der Waals surface area contributed by atoms with Gasteiger partial charge in [-0.2, -0.15) is 0 Å². The van der Waals surface area contributed by atoms with Crippen molar-refractivity contribution in [3.05, 3.63) is 29.6 Å². The number of rotatable bonds is 5. The molecule has 3 heteroatoms. The van der Waals surface area contributed by atoms with Crippen LogP contribution in [0.1, 0.15) is 32.3 Å². The summed E-state index contributed by atoms with van der Waals surface area (Å²) in [5, 5.41) is 3.41. The lowest BCUT2D eigenvalue weighted by Crippen LogP contribution is -2.26. The standard InChI is InChI=1S/C14H21FN2/c1-10(2)17(3)14-7-11(6-12(15)8-14)9-16-13-4-5-13/h6-8,10,13,16H,4-5,9H2,1-3H3. The van der Waals surface area contributed by atoms with Crippen molar-refractivity contribution in [1.82, 2.24) is 5.32 Å². The summed E-state index contributed by atoms with van der Waals surface area (Å²) in [6.07, 6.45) is 2.52. The van der Waals surface area contributed by atoms with Crippen LogP contribution >= 0.6 is 0 Å². The zero-order valence-corrected chi connectivity index (χ0v) is 10.8. The molecule has 1 N–H and O–H groups in total. The molecule has 94 valence electrons. The second-order valence-electron chi connectivity index (χ2n) is 5.18. The molecule has 0 atom stereocenters. The average molecular weight is 236 g/mol. The molecule has 0 heterocycles. The van der Waals surface area contributed by atoms with Gasteiger partial charge in [-0.15, -0.1) is 0 Å². The highest BCUT2D eigenvalue weighted by molar-refractivity contribution is 5.49. The zero-order chi connectivity index (χ0) is 12.4. The van der Waals surface area contributed by atoms with Crippen LogP contribution in [0, 0.1) is 5.82 Å². The molecule has 2 nitrogen and oxygen atoms in total. The summed E-state index contributed by atoms with van der Waals surface area (Å²) in [6.45, 7) is 4.97. The van der Waals surface area contributed by atoms with E-state index in [1.54, 1.807) is 12.1 Å². The zero-order valence-electron chi connectivity index (χ0n) is 10.8. The lowest BCUT2D eigenvalue weighted by Gasteiger charge is -2.24. The molecular formula is C14H21FN2. The second kappa shape index (κ2) is 5.05. The third kappa shape index (κ3) is 3.43. The van der Waals surface area contributed by atoms with Crippen molar-refractivity contribution in [2.45, 2.75) is 45.3 Å². The second-order valence-corrected chi connectivity index (χ2v) is 5.18. The maximum absolute atomic E-state index is 13.5. The first kappa shape index (κ1) is 12.4. The van der Waals surface area contributed by atoms with Crippen molar-refractivity contribution in [3.8, 4) is 0 Å². The lowest BCUT2D eigenvalue weighted by atomic mass is 10.1. The fourth-order valence-corrected chi connectivity index (χ4v) is 1.79. The minimum absolute atomic E-state index is 0.150. The Morgan fingerprint density at radius 2 is 2.06 bits per heavy atom. The van der Waals surface area contributed by atoms with Crippen LogP contribution in [-0.4, -0.2) is 19.1 Å². The van der Waals surface area contributed by atoms with E-state index in [4.69, 9.17) is 0 Å². The quantitative estimate of drug-likeness (QED) is 0.845. The first-order valence-corrected chi connectivity index (χ1v) is 6.32. The number of hydrogen-bond donors (Lipinski definition) is 1. The summed E-state index contributed by atoms with van der Waals surface area (Å²) in [5.74, 6) is -0.150. The van der Waals surface area contributed by atoms with Crippen LogP contribution < -0.4 is 10.2 Å². The van der Waals surface area contributed by atoms with Gasteiger partial charge >= 0.3 is 0 Å². The fraction of sp³-hybridized carbons (Fsp3) is 0.571. The SMILES string of the molecule is CC(C)N(C)c1cc(F)cc(CNC2CC2)c1. The van der Waals surface area contributed by atoms with E-state index in [1.165, 1.54) is 12.8 Å². The van der Waals surface area contributed by atoms with Crippen LogP contribution in [0.15, 0.2) is 18.2 Å². The van der Waals surface area contributed by atoms with Crippen LogP contribution in [0.5, 0.6) is 0 Å². The van der Waals surface area contributed by atoms with Gasteiger partial charge in [-0.1, -0.05) is 0 Å². The van der Waals surface area contributed by atoms with Gasteiger partial charge in [-0.05, 0) is 50.5 Å². The molecule has 1 aliphatic rings. The Bertz CT molecular complexity index is 386. The molecule has 0 amide bonds. The largest absolute Gasteiger partial charge is 0.372 e. The Labute approximate surface area is 103 Å². The van der Waals surface area contributed by atoms with Gasteiger partial charge in [0.25, 0.3) is 0 Å². The molecule has 0 radical (unpaired) electrons. The number of halogens is 1. The highest BCUT2D eigenvalue weighted by Crippen LogP contribution is 2.22. The molecule has 1 fully saturated rings. The Morgan fingerprint density at radius 1 is 1.35 bits per heavy atom. The number of nitrogens with zero attached hydrogens (tertiary/aromatic N) is 1. The number of hydrogen-bond acceptors (Lipinski definition) is 2. The van der Waals surface area contributed by atoms with E-state index in [0.29, 0.717) is 12.1 Å². The first-order valence-electron chi connectivity index (χ1n) is 6.32. The molecule has 0 aliphatic heterocycles. The lowest BCUT2D eigenvalue weighted by molar-refractivity contribution is 0.617. The Kier molecular flexibility index (Phi) is 3.67. The summed E-state index contributed by atoms with van der Waals surface area (Å²) in [5.41, 5.74) is 1.98. The molecule has 0 unspecified atom stereocenters. The van der Waals surface area contributed by atoms with Crippen molar-refractivity contribution in [3.63, 3.8) is 0 Å². The van der Waals surface area contributed by atoms with E-state index in [0.717, 1.165) is 17.8 Å². The maximum atomic E-state index is 13.5. The van der Waals surface area contributed by atoms with Crippen molar-refractivity contribution < 1.29 is 4.39 Å². The molecule has 0 saturated heterocycles.